The van der Waals surface area contributed by atoms with E-state index in [0.29, 0.717) is 5.56 Å². The van der Waals surface area contributed by atoms with E-state index in [-0.39, 0.29) is 23.3 Å². The lowest BCUT2D eigenvalue weighted by molar-refractivity contribution is -0.159. The molecule has 1 atom stereocenters. The van der Waals surface area contributed by atoms with Crippen molar-refractivity contribution in [1.29, 1.82) is 0 Å². The Labute approximate surface area is 134 Å². The van der Waals surface area contributed by atoms with Crippen LogP contribution < -0.4 is 5.32 Å². The lowest BCUT2D eigenvalue weighted by Gasteiger charge is -2.17. The largest absolute Gasteiger partial charge is 0.508 e. The molecule has 122 valence electrons. The van der Waals surface area contributed by atoms with Gasteiger partial charge in [-0.1, -0.05) is 31.4 Å². The summed E-state index contributed by atoms with van der Waals surface area (Å²) < 4.78 is 4.66. The van der Waals surface area contributed by atoms with E-state index in [1.54, 1.807) is 18.2 Å². The van der Waals surface area contributed by atoms with Gasteiger partial charge in [-0.05, 0) is 25.5 Å². The molecular weight excluding hydrogens is 298 g/mol. The zero-order valence-electron chi connectivity index (χ0n) is 13.1. The topological polar surface area (TPSA) is 92.7 Å². The summed E-state index contributed by atoms with van der Waals surface area (Å²) in [5.41, 5.74) is 0.691. The standard InChI is InChI=1S/C17H19NO5/c1-10(2)15(20)18-13(17(22)23-16(21)11(3)4)9-12-7-5-6-8-14(12)19/h5-8,13,19H,1,3,9H2,2,4H3,(H,18,20). The summed E-state index contributed by atoms with van der Waals surface area (Å²) in [4.78, 5) is 35.4. The van der Waals surface area contributed by atoms with Crippen molar-refractivity contribution in [2.75, 3.05) is 0 Å². The van der Waals surface area contributed by atoms with Gasteiger partial charge in [0, 0.05) is 17.6 Å². The number of aromatic hydroxyl groups is 1. The van der Waals surface area contributed by atoms with Crippen LogP contribution >= 0.6 is 0 Å². The Hall–Kier alpha value is -2.89. The second kappa shape index (κ2) is 7.93. The predicted molar refractivity (Wildman–Crippen MR) is 84.5 cm³/mol. The first-order chi connectivity index (χ1) is 10.7. The molecule has 6 nitrogen and oxygen atoms in total. The van der Waals surface area contributed by atoms with Gasteiger partial charge in [0.1, 0.15) is 11.8 Å². The van der Waals surface area contributed by atoms with E-state index in [0.717, 1.165) is 0 Å². The molecule has 2 N–H and O–H groups in total. The molecule has 0 radical (unpaired) electrons. The first-order valence-corrected chi connectivity index (χ1v) is 6.87. The average Bonchev–Trinajstić information content (AvgIpc) is 2.48. The third-order valence-corrected chi connectivity index (χ3v) is 2.93. The Morgan fingerprint density at radius 2 is 1.78 bits per heavy atom. The number of hydrogen-bond donors (Lipinski definition) is 2. The minimum atomic E-state index is -1.14. The van der Waals surface area contributed by atoms with Crippen LogP contribution in [0.2, 0.25) is 0 Å². The van der Waals surface area contributed by atoms with Gasteiger partial charge in [-0.15, -0.1) is 0 Å². The monoisotopic (exact) mass is 317 g/mol. The maximum absolute atomic E-state index is 12.1. The molecule has 0 aliphatic rings. The number of ether oxygens (including phenoxy) is 1. The van der Waals surface area contributed by atoms with Gasteiger partial charge in [0.05, 0.1) is 0 Å². The van der Waals surface area contributed by atoms with Crippen LogP contribution in [0.4, 0.5) is 0 Å². The number of phenolic OH excluding ortho intramolecular Hbond substituents is 1. The Bertz CT molecular complexity index is 663. The maximum atomic E-state index is 12.1. The highest BCUT2D eigenvalue weighted by Gasteiger charge is 2.26. The van der Waals surface area contributed by atoms with E-state index in [1.807, 2.05) is 0 Å². The second-order valence-corrected chi connectivity index (χ2v) is 5.13. The summed E-state index contributed by atoms with van der Waals surface area (Å²) in [6.07, 6.45) is -0.0337. The van der Waals surface area contributed by atoms with Crippen molar-refractivity contribution in [3.05, 3.63) is 54.1 Å². The summed E-state index contributed by atoms with van der Waals surface area (Å²) >= 11 is 0. The van der Waals surface area contributed by atoms with Crippen LogP contribution in [0, 0.1) is 0 Å². The summed E-state index contributed by atoms with van der Waals surface area (Å²) in [6, 6.07) is 5.22. The number of carbonyl (C=O) groups excluding carboxylic acids is 3. The number of hydrogen-bond acceptors (Lipinski definition) is 5. The number of nitrogens with one attached hydrogen (secondary N) is 1. The molecule has 23 heavy (non-hydrogen) atoms. The summed E-state index contributed by atoms with van der Waals surface area (Å²) in [5.74, 6) is -2.39. The number of esters is 2. The molecule has 0 spiro atoms. The third kappa shape index (κ3) is 5.43. The zero-order chi connectivity index (χ0) is 17.6. The molecule has 1 rings (SSSR count). The summed E-state index contributed by atoms with van der Waals surface area (Å²) in [7, 11) is 0. The van der Waals surface area contributed by atoms with Crippen LogP contribution in [-0.2, 0) is 25.5 Å². The van der Waals surface area contributed by atoms with Crippen LogP contribution in [0.5, 0.6) is 5.75 Å². The highest BCUT2D eigenvalue weighted by molar-refractivity contribution is 5.99. The van der Waals surface area contributed by atoms with Crippen LogP contribution in [0.25, 0.3) is 0 Å². The van der Waals surface area contributed by atoms with Gasteiger partial charge < -0.3 is 15.2 Å². The number of benzene rings is 1. The summed E-state index contributed by atoms with van der Waals surface area (Å²) in [5, 5.41) is 12.2. The van der Waals surface area contributed by atoms with Crippen molar-refractivity contribution < 1.29 is 24.2 Å². The lowest BCUT2D eigenvalue weighted by atomic mass is 10.0. The van der Waals surface area contributed by atoms with E-state index in [9.17, 15) is 19.5 Å². The van der Waals surface area contributed by atoms with Crippen LogP contribution in [-0.4, -0.2) is 29.0 Å². The smallest absolute Gasteiger partial charge is 0.340 e. The molecule has 1 amide bonds. The van der Waals surface area contributed by atoms with Gasteiger partial charge in [-0.2, -0.15) is 0 Å². The molecule has 0 fully saturated rings. The molecule has 0 saturated heterocycles. The van der Waals surface area contributed by atoms with Gasteiger partial charge in [0.2, 0.25) is 5.91 Å². The number of amides is 1. The molecule has 0 aliphatic heterocycles. The number of phenols is 1. The molecule has 1 aromatic carbocycles. The number of rotatable bonds is 6. The van der Waals surface area contributed by atoms with Crippen molar-refractivity contribution in [2.24, 2.45) is 0 Å². The molecule has 1 unspecified atom stereocenters. The van der Waals surface area contributed by atoms with Gasteiger partial charge in [-0.25, -0.2) is 9.59 Å². The molecule has 0 heterocycles. The van der Waals surface area contributed by atoms with Gasteiger partial charge in [0.25, 0.3) is 0 Å². The molecule has 0 aliphatic carbocycles. The molecular formula is C17H19NO5. The Morgan fingerprint density at radius 1 is 1.17 bits per heavy atom. The number of para-hydroxylation sites is 1. The van der Waals surface area contributed by atoms with E-state index < -0.39 is 23.9 Å². The first kappa shape index (κ1) is 18.2. The first-order valence-electron chi connectivity index (χ1n) is 6.87. The van der Waals surface area contributed by atoms with E-state index in [1.165, 1.54) is 19.9 Å². The second-order valence-electron chi connectivity index (χ2n) is 5.13. The highest BCUT2D eigenvalue weighted by Crippen LogP contribution is 2.18. The van der Waals surface area contributed by atoms with Crippen LogP contribution in [0.3, 0.4) is 0 Å². The van der Waals surface area contributed by atoms with E-state index >= 15 is 0 Å². The average molecular weight is 317 g/mol. The predicted octanol–water partition coefficient (Wildman–Crippen LogP) is 1.64. The fourth-order valence-corrected chi connectivity index (χ4v) is 1.63. The van der Waals surface area contributed by atoms with Crippen LogP contribution in [0.15, 0.2) is 48.6 Å². The molecule has 1 aromatic rings. The van der Waals surface area contributed by atoms with Crippen molar-refractivity contribution in [2.45, 2.75) is 26.3 Å². The highest BCUT2D eigenvalue weighted by atomic mass is 16.6. The minimum Gasteiger partial charge on any atom is -0.508 e. The quantitative estimate of drug-likeness (QED) is 0.473. The zero-order valence-corrected chi connectivity index (χ0v) is 13.1. The minimum absolute atomic E-state index is 0.0268. The van der Waals surface area contributed by atoms with Gasteiger partial charge in [-0.3, -0.25) is 4.79 Å². The molecule has 0 aromatic heterocycles. The Balaban J connectivity index is 2.97. The number of carbonyl (C=O) groups is 3. The fourth-order valence-electron chi connectivity index (χ4n) is 1.63. The maximum Gasteiger partial charge on any atom is 0.340 e. The van der Waals surface area contributed by atoms with Crippen molar-refractivity contribution in [1.82, 2.24) is 5.32 Å². The normalized spacial score (nSPS) is 11.2. The molecule has 0 saturated carbocycles. The van der Waals surface area contributed by atoms with Gasteiger partial charge in [0.15, 0.2) is 0 Å². The molecule has 0 bridgehead atoms. The van der Waals surface area contributed by atoms with E-state index in [4.69, 9.17) is 0 Å². The van der Waals surface area contributed by atoms with Crippen molar-refractivity contribution >= 4 is 17.8 Å². The molecule has 6 heteroatoms. The summed E-state index contributed by atoms with van der Waals surface area (Å²) in [6.45, 7) is 9.76. The Kier molecular flexibility index (Phi) is 6.26. The van der Waals surface area contributed by atoms with Crippen molar-refractivity contribution in [3.8, 4) is 5.75 Å². The van der Waals surface area contributed by atoms with E-state index in [2.05, 4.69) is 23.2 Å². The van der Waals surface area contributed by atoms with Gasteiger partial charge >= 0.3 is 11.9 Å². The third-order valence-electron chi connectivity index (χ3n) is 2.93. The van der Waals surface area contributed by atoms with Crippen LogP contribution in [0.1, 0.15) is 19.4 Å². The SMILES string of the molecule is C=C(C)C(=O)NC(Cc1ccccc1O)C(=O)OC(=O)C(=C)C. The fraction of sp³-hybridized carbons (Fsp3) is 0.235. The Morgan fingerprint density at radius 3 is 2.30 bits per heavy atom. The lowest BCUT2D eigenvalue weighted by Crippen LogP contribution is -2.44. The van der Waals surface area contributed by atoms with Crippen molar-refractivity contribution in [3.63, 3.8) is 0 Å².